The van der Waals surface area contributed by atoms with E-state index in [-0.39, 0.29) is 5.25 Å². The summed E-state index contributed by atoms with van der Waals surface area (Å²) in [7, 11) is -2.94. The number of rotatable bonds is 3. The molecule has 2 saturated heterocycles. The minimum atomic E-state index is -2.94. The van der Waals surface area contributed by atoms with Gasteiger partial charge in [0.05, 0.1) is 5.25 Å². The number of hydrogen-bond acceptors (Lipinski definition) is 2. The van der Waals surface area contributed by atoms with Gasteiger partial charge in [-0.05, 0) is 50.4 Å². The fourth-order valence-electron chi connectivity index (χ4n) is 3.67. The largest absolute Gasteiger partial charge is 0.217 e. The van der Waals surface area contributed by atoms with Crippen LogP contribution in [0, 0.1) is 11.8 Å². The van der Waals surface area contributed by atoms with Gasteiger partial charge in [-0.15, -0.1) is 0 Å². The van der Waals surface area contributed by atoms with E-state index in [4.69, 9.17) is 0 Å². The second kappa shape index (κ2) is 3.95. The Bertz CT molecular complexity index is 386. The lowest BCUT2D eigenvalue weighted by Gasteiger charge is -2.39. The first kappa shape index (κ1) is 12.0. The zero-order valence-corrected chi connectivity index (χ0v) is 11.6. The molecule has 3 rings (SSSR count). The third-order valence-corrected chi connectivity index (χ3v) is 7.38. The summed E-state index contributed by atoms with van der Waals surface area (Å²) in [5, 5.41) is -0.0267. The van der Waals surface area contributed by atoms with Crippen LogP contribution in [0.1, 0.15) is 52.4 Å². The maximum Gasteiger partial charge on any atom is 0.217 e. The molecule has 98 valence electrons. The Balaban J connectivity index is 1.81. The Morgan fingerprint density at radius 2 is 1.53 bits per heavy atom. The fourth-order valence-corrected chi connectivity index (χ4v) is 5.96. The third kappa shape index (κ3) is 1.93. The van der Waals surface area contributed by atoms with E-state index in [0.717, 1.165) is 44.4 Å². The highest BCUT2D eigenvalue weighted by Gasteiger charge is 2.51. The molecular weight excluding hydrogens is 234 g/mol. The van der Waals surface area contributed by atoms with Gasteiger partial charge in [0, 0.05) is 12.1 Å². The molecule has 3 fully saturated rings. The zero-order valence-electron chi connectivity index (χ0n) is 10.8. The highest BCUT2D eigenvalue weighted by Crippen LogP contribution is 2.46. The first-order valence-electron chi connectivity index (χ1n) is 7.02. The summed E-state index contributed by atoms with van der Waals surface area (Å²) in [6.45, 7) is 4.55. The van der Waals surface area contributed by atoms with Crippen molar-refractivity contribution in [2.75, 3.05) is 0 Å². The predicted octanol–water partition coefficient (Wildman–Crippen LogP) is 2.38. The van der Waals surface area contributed by atoms with Gasteiger partial charge >= 0.3 is 0 Å². The maximum absolute atomic E-state index is 12.4. The molecule has 0 amide bonds. The van der Waals surface area contributed by atoms with E-state index in [2.05, 4.69) is 13.8 Å². The summed E-state index contributed by atoms with van der Waals surface area (Å²) in [6.07, 6.45) is 6.18. The summed E-state index contributed by atoms with van der Waals surface area (Å²) in [5.74, 6) is 1.43. The molecule has 0 unspecified atom stereocenters. The summed E-state index contributed by atoms with van der Waals surface area (Å²) in [6, 6.07) is 0.651. The average Bonchev–Trinajstić information content (AvgIpc) is 3.05. The summed E-state index contributed by atoms with van der Waals surface area (Å²) < 4.78 is 26.7. The molecule has 4 heteroatoms. The van der Waals surface area contributed by atoms with Crippen LogP contribution >= 0.6 is 0 Å². The van der Waals surface area contributed by atoms with Gasteiger partial charge in [0.15, 0.2) is 0 Å². The first-order valence-corrected chi connectivity index (χ1v) is 8.53. The average molecular weight is 257 g/mol. The van der Waals surface area contributed by atoms with Crippen molar-refractivity contribution in [3.63, 3.8) is 0 Å². The summed E-state index contributed by atoms with van der Waals surface area (Å²) >= 11 is 0. The van der Waals surface area contributed by atoms with Gasteiger partial charge in [-0.1, -0.05) is 13.8 Å². The SMILES string of the molecule is CC(C)C1C[C@@H]2CC[C@@H](C1)N2S(=O)(=O)C1CC1. The highest BCUT2D eigenvalue weighted by atomic mass is 32.2. The quantitative estimate of drug-likeness (QED) is 0.778. The van der Waals surface area contributed by atoms with Crippen LogP contribution < -0.4 is 0 Å². The Morgan fingerprint density at radius 3 is 1.94 bits per heavy atom. The van der Waals surface area contributed by atoms with E-state index in [1.165, 1.54) is 0 Å². The molecule has 17 heavy (non-hydrogen) atoms. The van der Waals surface area contributed by atoms with Gasteiger partial charge < -0.3 is 0 Å². The van der Waals surface area contributed by atoms with E-state index in [0.29, 0.717) is 18.0 Å². The van der Waals surface area contributed by atoms with Gasteiger partial charge in [-0.25, -0.2) is 8.42 Å². The number of fused-ring (bicyclic) bond motifs is 2. The van der Waals surface area contributed by atoms with Crippen molar-refractivity contribution in [1.82, 2.24) is 4.31 Å². The summed E-state index contributed by atoms with van der Waals surface area (Å²) in [4.78, 5) is 0. The van der Waals surface area contributed by atoms with Gasteiger partial charge in [0.2, 0.25) is 10.0 Å². The van der Waals surface area contributed by atoms with E-state index in [9.17, 15) is 8.42 Å². The van der Waals surface area contributed by atoms with E-state index in [1.807, 2.05) is 4.31 Å². The minimum Gasteiger partial charge on any atom is -0.212 e. The molecule has 0 aromatic carbocycles. The molecule has 3 aliphatic rings. The zero-order chi connectivity index (χ0) is 12.2. The molecule has 1 saturated carbocycles. The standard InChI is InChI=1S/C13H23NO2S/c1-9(2)10-7-11-3-4-12(8-10)14(11)17(15,16)13-5-6-13/h9-13H,3-8H2,1-2H3/t11-,12-/m0/s1. The van der Waals surface area contributed by atoms with Crippen LogP contribution in [0.25, 0.3) is 0 Å². The van der Waals surface area contributed by atoms with Crippen LogP contribution in [-0.4, -0.2) is 30.1 Å². The number of nitrogens with zero attached hydrogens (tertiary/aromatic N) is 1. The molecule has 0 aromatic rings. The topological polar surface area (TPSA) is 37.4 Å². The monoisotopic (exact) mass is 257 g/mol. The Hall–Kier alpha value is -0.0900. The Labute approximate surface area is 105 Å². The first-order chi connectivity index (χ1) is 8.00. The smallest absolute Gasteiger partial charge is 0.212 e. The van der Waals surface area contributed by atoms with E-state index < -0.39 is 10.0 Å². The normalized spacial score (nSPS) is 38.9. The number of hydrogen-bond donors (Lipinski definition) is 0. The van der Waals surface area contributed by atoms with Gasteiger partial charge in [0.1, 0.15) is 0 Å². The van der Waals surface area contributed by atoms with Crippen molar-refractivity contribution in [3.05, 3.63) is 0 Å². The van der Waals surface area contributed by atoms with Gasteiger partial charge in [-0.3, -0.25) is 0 Å². The minimum absolute atomic E-state index is 0.0267. The van der Waals surface area contributed by atoms with Crippen LogP contribution in [0.2, 0.25) is 0 Å². The van der Waals surface area contributed by atoms with Crippen molar-refractivity contribution in [3.8, 4) is 0 Å². The van der Waals surface area contributed by atoms with Crippen molar-refractivity contribution in [2.24, 2.45) is 11.8 Å². The predicted molar refractivity (Wildman–Crippen MR) is 68.2 cm³/mol. The van der Waals surface area contributed by atoms with E-state index in [1.54, 1.807) is 0 Å². The van der Waals surface area contributed by atoms with Crippen LogP contribution in [0.15, 0.2) is 0 Å². The molecule has 0 N–H and O–H groups in total. The second-order valence-corrected chi connectivity index (χ2v) is 8.55. The number of piperidine rings is 1. The lowest BCUT2D eigenvalue weighted by Crippen LogP contribution is -2.48. The molecule has 0 spiro atoms. The lowest BCUT2D eigenvalue weighted by molar-refractivity contribution is 0.158. The van der Waals surface area contributed by atoms with Crippen molar-refractivity contribution in [2.45, 2.75) is 69.7 Å². The molecule has 2 atom stereocenters. The second-order valence-electron chi connectivity index (χ2n) is 6.43. The Morgan fingerprint density at radius 1 is 1.00 bits per heavy atom. The molecule has 2 heterocycles. The number of sulfonamides is 1. The third-order valence-electron chi connectivity index (χ3n) is 4.88. The Kier molecular flexibility index (Phi) is 2.78. The van der Waals surface area contributed by atoms with Crippen molar-refractivity contribution >= 4 is 10.0 Å². The van der Waals surface area contributed by atoms with Gasteiger partial charge in [-0.2, -0.15) is 4.31 Å². The van der Waals surface area contributed by atoms with Crippen LogP contribution in [0.5, 0.6) is 0 Å². The molecule has 0 aromatic heterocycles. The lowest BCUT2D eigenvalue weighted by atomic mass is 9.84. The fraction of sp³-hybridized carbons (Fsp3) is 1.00. The van der Waals surface area contributed by atoms with Crippen molar-refractivity contribution in [1.29, 1.82) is 0 Å². The van der Waals surface area contributed by atoms with Crippen LogP contribution in [0.4, 0.5) is 0 Å². The van der Waals surface area contributed by atoms with Crippen molar-refractivity contribution < 1.29 is 8.42 Å². The molecule has 2 aliphatic heterocycles. The van der Waals surface area contributed by atoms with Crippen LogP contribution in [-0.2, 0) is 10.0 Å². The molecule has 0 radical (unpaired) electrons. The molecule has 3 nitrogen and oxygen atoms in total. The highest BCUT2D eigenvalue weighted by molar-refractivity contribution is 7.90. The molecule has 1 aliphatic carbocycles. The van der Waals surface area contributed by atoms with Gasteiger partial charge in [0.25, 0.3) is 0 Å². The molecular formula is C13H23NO2S. The van der Waals surface area contributed by atoms with Crippen LogP contribution in [0.3, 0.4) is 0 Å². The molecule has 2 bridgehead atoms. The summed E-state index contributed by atoms with van der Waals surface area (Å²) in [5.41, 5.74) is 0. The maximum atomic E-state index is 12.4. The van der Waals surface area contributed by atoms with E-state index >= 15 is 0 Å².